The maximum Gasteiger partial charge on any atom is 0.410 e. The Morgan fingerprint density at radius 2 is 1.68 bits per heavy atom. The molecule has 1 saturated heterocycles. The number of nitrogens with zero attached hydrogens (tertiary/aromatic N) is 2. The van der Waals surface area contributed by atoms with Crippen molar-refractivity contribution in [2.24, 2.45) is 0 Å². The van der Waals surface area contributed by atoms with E-state index in [-0.39, 0.29) is 36.8 Å². The fourth-order valence-corrected chi connectivity index (χ4v) is 4.79. The summed E-state index contributed by atoms with van der Waals surface area (Å²) in [6.07, 6.45) is -0.0474. The van der Waals surface area contributed by atoms with E-state index in [9.17, 15) is 28.0 Å². The van der Waals surface area contributed by atoms with Gasteiger partial charge >= 0.3 is 12.1 Å². The average molecular weight is 514 g/mol. The standard InChI is InChI=1S/C27H29F2N3O5/c1-26(2,3)37-25(36)32(14-17-8-20(28)11-21(29)9-17)15-22(33)10-16-5-6-18-12-27(13-19(18)7-16)23(34)30-24(35)31(27)4/h5-9,11H,10,12-15H2,1-4H3,(H,30,34,35)/t27-/m0/s1. The van der Waals surface area contributed by atoms with Crippen LogP contribution in [0.3, 0.4) is 0 Å². The Hall–Kier alpha value is -3.82. The molecule has 2 aromatic rings. The molecule has 37 heavy (non-hydrogen) atoms. The number of halogens is 2. The summed E-state index contributed by atoms with van der Waals surface area (Å²) < 4.78 is 32.8. The summed E-state index contributed by atoms with van der Waals surface area (Å²) in [5, 5.41) is 2.35. The third kappa shape index (κ3) is 5.63. The molecule has 8 nitrogen and oxygen atoms in total. The molecule has 4 rings (SSSR count). The van der Waals surface area contributed by atoms with Gasteiger partial charge in [-0.05, 0) is 55.2 Å². The largest absolute Gasteiger partial charge is 0.444 e. The molecule has 1 N–H and O–H groups in total. The Morgan fingerprint density at radius 1 is 1.03 bits per heavy atom. The highest BCUT2D eigenvalue weighted by Gasteiger charge is 2.54. The second kappa shape index (κ2) is 9.57. The topological polar surface area (TPSA) is 96.0 Å². The SMILES string of the molecule is CN1C(=O)NC(=O)[C@@]12Cc1ccc(CC(=O)CN(Cc3cc(F)cc(F)c3)C(=O)OC(C)(C)C)cc1C2. The van der Waals surface area contributed by atoms with E-state index < -0.39 is 34.9 Å². The first kappa shape index (κ1) is 26.2. The summed E-state index contributed by atoms with van der Waals surface area (Å²) in [6, 6.07) is 7.96. The number of imide groups is 1. The van der Waals surface area contributed by atoms with Crippen LogP contribution in [0.15, 0.2) is 36.4 Å². The number of Topliss-reactive ketones (excluding diaryl/α,β-unsaturated/α-hetero) is 1. The molecular weight excluding hydrogens is 484 g/mol. The quantitative estimate of drug-likeness (QED) is 0.597. The minimum absolute atomic E-state index is 0.00193. The maximum absolute atomic E-state index is 13.7. The minimum atomic E-state index is -0.963. The number of carbonyl (C=O) groups is 4. The molecular formula is C27H29F2N3O5. The molecule has 10 heteroatoms. The molecule has 2 aromatic carbocycles. The second-order valence-electron chi connectivity index (χ2n) is 10.6. The molecule has 0 bridgehead atoms. The molecule has 1 spiro atoms. The lowest BCUT2D eigenvalue weighted by atomic mass is 9.95. The summed E-state index contributed by atoms with van der Waals surface area (Å²) in [4.78, 5) is 52.8. The average Bonchev–Trinajstić information content (AvgIpc) is 3.24. The van der Waals surface area contributed by atoms with Crippen molar-refractivity contribution in [1.82, 2.24) is 15.1 Å². The van der Waals surface area contributed by atoms with E-state index in [1.165, 1.54) is 4.90 Å². The van der Waals surface area contributed by atoms with Crippen molar-refractivity contribution < 1.29 is 32.7 Å². The van der Waals surface area contributed by atoms with Gasteiger partial charge in [0.05, 0.1) is 6.54 Å². The predicted octanol–water partition coefficient (Wildman–Crippen LogP) is 3.53. The number of rotatable bonds is 6. The number of carbonyl (C=O) groups excluding carboxylic acids is 4. The molecule has 1 aliphatic heterocycles. The highest BCUT2D eigenvalue weighted by Crippen LogP contribution is 2.37. The van der Waals surface area contributed by atoms with Crippen LogP contribution < -0.4 is 5.32 Å². The minimum Gasteiger partial charge on any atom is -0.444 e. The van der Waals surface area contributed by atoms with E-state index in [1.54, 1.807) is 33.9 Å². The number of fused-ring (bicyclic) bond motifs is 1. The van der Waals surface area contributed by atoms with Gasteiger partial charge in [-0.15, -0.1) is 0 Å². The number of urea groups is 1. The van der Waals surface area contributed by atoms with Crippen molar-refractivity contribution in [3.8, 4) is 0 Å². The van der Waals surface area contributed by atoms with Gasteiger partial charge in [0.1, 0.15) is 22.8 Å². The molecule has 1 aliphatic carbocycles. The molecule has 1 atom stereocenters. The third-order valence-corrected chi connectivity index (χ3v) is 6.54. The number of ketones is 1. The molecule has 0 unspecified atom stereocenters. The van der Waals surface area contributed by atoms with Crippen LogP contribution in [0, 0.1) is 11.6 Å². The van der Waals surface area contributed by atoms with E-state index >= 15 is 0 Å². The molecule has 1 heterocycles. The van der Waals surface area contributed by atoms with E-state index in [0.29, 0.717) is 18.4 Å². The van der Waals surface area contributed by atoms with E-state index in [4.69, 9.17) is 4.74 Å². The zero-order chi connectivity index (χ0) is 27.1. The Labute approximate surface area is 213 Å². The third-order valence-electron chi connectivity index (χ3n) is 6.54. The Morgan fingerprint density at radius 3 is 2.27 bits per heavy atom. The Balaban J connectivity index is 1.48. The number of hydrogen-bond donors (Lipinski definition) is 1. The monoisotopic (exact) mass is 513 g/mol. The number of likely N-dealkylation sites (N-methyl/N-ethyl adjacent to an activating group) is 1. The van der Waals surface area contributed by atoms with Gasteiger partial charge in [-0.2, -0.15) is 0 Å². The molecule has 4 amide bonds. The second-order valence-corrected chi connectivity index (χ2v) is 10.6. The van der Waals surface area contributed by atoms with Crippen LogP contribution in [0.5, 0.6) is 0 Å². The first-order valence-electron chi connectivity index (χ1n) is 11.9. The number of nitrogens with one attached hydrogen (secondary N) is 1. The van der Waals surface area contributed by atoms with Gasteiger partial charge in [0.2, 0.25) is 0 Å². The van der Waals surface area contributed by atoms with Crippen molar-refractivity contribution in [2.45, 2.75) is 57.7 Å². The maximum atomic E-state index is 13.7. The van der Waals surface area contributed by atoms with Crippen LogP contribution in [0.2, 0.25) is 0 Å². The molecule has 196 valence electrons. The highest BCUT2D eigenvalue weighted by molar-refractivity contribution is 6.07. The van der Waals surface area contributed by atoms with Crippen molar-refractivity contribution in [1.29, 1.82) is 0 Å². The van der Waals surface area contributed by atoms with Crippen LogP contribution in [-0.4, -0.2) is 58.3 Å². The molecule has 1 fully saturated rings. The van der Waals surface area contributed by atoms with E-state index in [2.05, 4.69) is 5.32 Å². The predicted molar refractivity (Wildman–Crippen MR) is 130 cm³/mol. The van der Waals surface area contributed by atoms with Gasteiger partial charge < -0.3 is 9.64 Å². The molecule has 0 saturated carbocycles. The van der Waals surface area contributed by atoms with E-state index in [1.807, 2.05) is 12.1 Å². The van der Waals surface area contributed by atoms with Gasteiger partial charge in [-0.3, -0.25) is 19.8 Å². The lowest BCUT2D eigenvalue weighted by molar-refractivity contribution is -0.125. The van der Waals surface area contributed by atoms with Crippen molar-refractivity contribution in [3.05, 3.63) is 70.3 Å². The highest BCUT2D eigenvalue weighted by atomic mass is 19.1. The number of hydrogen-bond acceptors (Lipinski definition) is 5. The van der Waals surface area contributed by atoms with Gasteiger partial charge in [0.15, 0.2) is 5.78 Å². The first-order chi connectivity index (χ1) is 17.3. The summed E-state index contributed by atoms with van der Waals surface area (Å²) in [7, 11) is 1.59. The van der Waals surface area contributed by atoms with Crippen molar-refractivity contribution in [3.63, 3.8) is 0 Å². The fraction of sp³-hybridized carbons (Fsp3) is 0.407. The van der Waals surface area contributed by atoms with E-state index in [0.717, 1.165) is 34.2 Å². The normalized spacial score (nSPS) is 18.7. The van der Waals surface area contributed by atoms with Gasteiger partial charge in [-0.1, -0.05) is 18.2 Å². The van der Waals surface area contributed by atoms with Crippen LogP contribution in [0.25, 0.3) is 0 Å². The number of benzene rings is 2. The van der Waals surface area contributed by atoms with Crippen molar-refractivity contribution in [2.75, 3.05) is 13.6 Å². The fourth-order valence-electron chi connectivity index (χ4n) is 4.79. The smallest absolute Gasteiger partial charge is 0.410 e. The van der Waals surface area contributed by atoms with Crippen LogP contribution in [0.4, 0.5) is 18.4 Å². The summed E-state index contributed by atoms with van der Waals surface area (Å²) in [5.41, 5.74) is 0.887. The number of amides is 4. The van der Waals surface area contributed by atoms with Crippen LogP contribution in [0.1, 0.15) is 43.0 Å². The van der Waals surface area contributed by atoms with Gasteiger partial charge in [0.25, 0.3) is 5.91 Å². The zero-order valence-electron chi connectivity index (χ0n) is 21.2. The first-order valence-corrected chi connectivity index (χ1v) is 11.9. The van der Waals surface area contributed by atoms with Crippen molar-refractivity contribution >= 4 is 23.8 Å². The summed E-state index contributed by atoms with van der Waals surface area (Å²) >= 11 is 0. The molecule has 0 aromatic heterocycles. The summed E-state index contributed by atoms with van der Waals surface area (Å²) in [5.74, 6) is -2.22. The van der Waals surface area contributed by atoms with Crippen LogP contribution >= 0.6 is 0 Å². The van der Waals surface area contributed by atoms with Crippen LogP contribution in [-0.2, 0) is 40.1 Å². The lowest BCUT2D eigenvalue weighted by Crippen LogP contribution is -2.48. The lowest BCUT2D eigenvalue weighted by Gasteiger charge is -2.27. The molecule has 0 radical (unpaired) electrons. The molecule has 2 aliphatic rings. The zero-order valence-corrected chi connectivity index (χ0v) is 21.2. The van der Waals surface area contributed by atoms with Gasteiger partial charge in [-0.25, -0.2) is 18.4 Å². The van der Waals surface area contributed by atoms with Gasteiger partial charge in [0, 0.05) is 38.9 Å². The number of ether oxygens (including phenoxy) is 1. The summed E-state index contributed by atoms with van der Waals surface area (Å²) in [6.45, 7) is 4.50. The Kier molecular flexibility index (Phi) is 6.79. The Bertz CT molecular complexity index is 1270.